The highest BCUT2D eigenvalue weighted by atomic mass is 16.2. The smallest absolute Gasteiger partial charge is 0.270 e. The van der Waals surface area contributed by atoms with E-state index in [2.05, 4.69) is 20.9 Å². The van der Waals surface area contributed by atoms with Gasteiger partial charge in [0.1, 0.15) is 0 Å². The van der Waals surface area contributed by atoms with Crippen LogP contribution < -0.4 is 16.4 Å². The van der Waals surface area contributed by atoms with Crippen LogP contribution in [0.5, 0.6) is 0 Å². The molecule has 3 aromatic heterocycles. The van der Waals surface area contributed by atoms with Gasteiger partial charge < -0.3 is 0 Å². The Bertz CT molecular complexity index is 1570. The first-order chi connectivity index (χ1) is 16.6. The van der Waals surface area contributed by atoms with E-state index in [4.69, 9.17) is 4.98 Å². The predicted molar refractivity (Wildman–Crippen MR) is 131 cm³/mol. The highest BCUT2D eigenvalue weighted by Crippen LogP contribution is 2.25. The minimum Gasteiger partial charge on any atom is -0.277 e. The van der Waals surface area contributed by atoms with Gasteiger partial charge in [0.25, 0.3) is 11.5 Å². The molecule has 1 amide bonds. The van der Waals surface area contributed by atoms with E-state index < -0.39 is 0 Å². The average molecular weight is 454 g/mol. The number of hydrogen-bond acceptors (Lipinski definition) is 6. The summed E-state index contributed by atoms with van der Waals surface area (Å²) in [6, 6.07) is 18.5. The van der Waals surface area contributed by atoms with Gasteiger partial charge >= 0.3 is 0 Å². The van der Waals surface area contributed by atoms with E-state index >= 15 is 0 Å². The molecular formula is C25H23N7O2. The highest BCUT2D eigenvalue weighted by molar-refractivity contribution is 6.06. The average Bonchev–Trinajstić information content (AvgIpc) is 3.30. The van der Waals surface area contributed by atoms with E-state index in [9.17, 15) is 9.59 Å². The van der Waals surface area contributed by atoms with Crippen LogP contribution in [0.1, 0.15) is 24.2 Å². The zero-order valence-electron chi connectivity index (χ0n) is 18.8. The van der Waals surface area contributed by atoms with Crippen LogP contribution in [0.15, 0.2) is 71.7 Å². The number of carbonyl (C=O) groups is 1. The summed E-state index contributed by atoms with van der Waals surface area (Å²) in [5.74, 6) is -0.123. The molecule has 2 N–H and O–H groups in total. The van der Waals surface area contributed by atoms with Crippen LogP contribution >= 0.6 is 0 Å². The number of aryl methyl sites for hydroxylation is 1. The van der Waals surface area contributed by atoms with Gasteiger partial charge in [0.2, 0.25) is 5.95 Å². The number of nitrogens with zero attached hydrogens (tertiary/aromatic N) is 5. The number of anilines is 1. The predicted octanol–water partition coefficient (Wildman–Crippen LogP) is 3.60. The van der Waals surface area contributed by atoms with Crippen LogP contribution in [0.4, 0.5) is 5.95 Å². The molecule has 5 aromatic rings. The molecule has 9 heteroatoms. The number of hydrogen-bond donors (Lipinski definition) is 2. The Labute approximate surface area is 195 Å². The molecule has 3 heterocycles. The zero-order chi connectivity index (χ0) is 23.7. The number of nitrogens with one attached hydrogen (secondary N) is 2. The third-order valence-corrected chi connectivity index (χ3v) is 5.69. The molecule has 0 aliphatic carbocycles. The molecule has 9 nitrogen and oxygen atoms in total. The molecule has 170 valence electrons. The summed E-state index contributed by atoms with van der Waals surface area (Å²) in [6.45, 7) is 4.84. The Morgan fingerprint density at radius 3 is 2.47 bits per heavy atom. The molecule has 5 rings (SSSR count). The second-order valence-corrected chi connectivity index (χ2v) is 7.70. The van der Waals surface area contributed by atoms with Crippen LogP contribution in [0.25, 0.3) is 33.2 Å². The maximum absolute atomic E-state index is 13.3. The Kier molecular flexibility index (Phi) is 5.51. The largest absolute Gasteiger partial charge is 0.277 e. The van der Waals surface area contributed by atoms with Gasteiger partial charge in [-0.25, -0.2) is 14.6 Å². The molecule has 0 saturated heterocycles. The maximum atomic E-state index is 13.3. The van der Waals surface area contributed by atoms with Gasteiger partial charge in [0.15, 0.2) is 5.65 Å². The van der Waals surface area contributed by atoms with Crippen molar-refractivity contribution in [1.29, 1.82) is 0 Å². The van der Waals surface area contributed by atoms with Crippen molar-refractivity contribution in [2.24, 2.45) is 0 Å². The van der Waals surface area contributed by atoms with Crippen LogP contribution in [0, 0.1) is 0 Å². The molecule has 0 atom stereocenters. The van der Waals surface area contributed by atoms with Gasteiger partial charge in [-0.05, 0) is 32.0 Å². The van der Waals surface area contributed by atoms with E-state index in [1.165, 1.54) is 4.57 Å². The molecule has 2 aromatic carbocycles. The molecule has 0 aliphatic heterocycles. The van der Waals surface area contributed by atoms with Crippen molar-refractivity contribution in [2.45, 2.75) is 26.9 Å². The van der Waals surface area contributed by atoms with E-state index in [1.54, 1.807) is 35.1 Å². The van der Waals surface area contributed by atoms with E-state index in [0.717, 1.165) is 5.56 Å². The number of benzene rings is 2. The van der Waals surface area contributed by atoms with Gasteiger partial charge in [-0.15, -0.1) is 0 Å². The van der Waals surface area contributed by atoms with Crippen molar-refractivity contribution in [1.82, 2.24) is 29.7 Å². The molecule has 0 spiro atoms. The van der Waals surface area contributed by atoms with Crippen LogP contribution in [0.3, 0.4) is 0 Å². The van der Waals surface area contributed by atoms with E-state index in [1.807, 2.05) is 50.2 Å². The molecule has 0 aliphatic rings. The maximum Gasteiger partial charge on any atom is 0.270 e. The summed E-state index contributed by atoms with van der Waals surface area (Å²) < 4.78 is 3.24. The van der Waals surface area contributed by atoms with Gasteiger partial charge in [-0.1, -0.05) is 42.5 Å². The quantitative estimate of drug-likeness (QED) is 0.381. The number of pyridine rings is 1. The number of fused-ring (bicyclic) bond motifs is 2. The lowest BCUT2D eigenvalue weighted by Crippen LogP contribution is -2.34. The summed E-state index contributed by atoms with van der Waals surface area (Å²) in [5.41, 5.74) is 8.54. The van der Waals surface area contributed by atoms with Gasteiger partial charge in [-0.3, -0.25) is 25.0 Å². The number of aromatic nitrogens is 5. The van der Waals surface area contributed by atoms with Crippen LogP contribution in [-0.2, 0) is 13.1 Å². The van der Waals surface area contributed by atoms with Crippen molar-refractivity contribution < 1.29 is 4.79 Å². The monoisotopic (exact) mass is 453 g/mol. The Balaban J connectivity index is 1.53. The summed E-state index contributed by atoms with van der Waals surface area (Å²) >= 11 is 0. The topological polar surface area (TPSA) is 107 Å². The number of amides is 1. The van der Waals surface area contributed by atoms with Crippen molar-refractivity contribution in [2.75, 3.05) is 5.43 Å². The van der Waals surface area contributed by atoms with Crippen LogP contribution in [0.2, 0.25) is 0 Å². The van der Waals surface area contributed by atoms with E-state index in [0.29, 0.717) is 46.3 Å². The highest BCUT2D eigenvalue weighted by Gasteiger charge is 2.18. The fraction of sp³-hybridized carbons (Fsp3) is 0.160. The standard InChI is InChI=1S/C25H23N7O2/c1-3-31-24(34)17-12-8-9-13-20(17)28-25(31)30-29-23(33)18-14-21(16-10-6-5-7-11-16)27-22-19(18)15-26-32(22)4-2/h5-15H,3-4H2,1-2H3,(H,28,30)(H,29,33). The molecule has 0 fully saturated rings. The SMILES string of the molecule is CCn1c(NNC(=O)c2cc(-c3ccccc3)nc3c2cnn3CC)nc2ccccc2c1=O. The van der Waals surface area contributed by atoms with E-state index in [-0.39, 0.29) is 17.4 Å². The lowest BCUT2D eigenvalue weighted by molar-refractivity contribution is 0.0963. The number of para-hydroxylation sites is 1. The van der Waals surface area contributed by atoms with Crippen molar-refractivity contribution in [3.05, 3.63) is 82.8 Å². The first-order valence-electron chi connectivity index (χ1n) is 11.1. The molecule has 0 radical (unpaired) electrons. The Morgan fingerprint density at radius 2 is 1.71 bits per heavy atom. The third kappa shape index (κ3) is 3.66. The minimum atomic E-state index is -0.384. The Hall–Kier alpha value is -4.53. The first-order valence-corrected chi connectivity index (χ1v) is 11.1. The molecule has 0 unspecified atom stereocenters. The zero-order valence-corrected chi connectivity index (χ0v) is 18.8. The van der Waals surface area contributed by atoms with Gasteiger partial charge in [0, 0.05) is 18.7 Å². The fourth-order valence-electron chi connectivity index (χ4n) is 3.96. The molecular weight excluding hydrogens is 430 g/mol. The van der Waals surface area contributed by atoms with Crippen molar-refractivity contribution >= 4 is 33.8 Å². The van der Waals surface area contributed by atoms with Crippen molar-refractivity contribution in [3.63, 3.8) is 0 Å². The summed E-state index contributed by atoms with van der Waals surface area (Å²) in [5, 5.41) is 5.54. The lowest BCUT2D eigenvalue weighted by atomic mass is 10.1. The third-order valence-electron chi connectivity index (χ3n) is 5.69. The molecule has 0 bridgehead atoms. The normalized spacial score (nSPS) is 11.1. The Morgan fingerprint density at radius 1 is 0.941 bits per heavy atom. The number of hydrazine groups is 1. The number of rotatable bonds is 6. The number of carbonyl (C=O) groups excluding carboxylic acids is 1. The first kappa shape index (κ1) is 21.3. The summed E-state index contributed by atoms with van der Waals surface area (Å²) in [4.78, 5) is 35.4. The van der Waals surface area contributed by atoms with Gasteiger partial charge in [-0.2, -0.15) is 5.10 Å². The summed E-state index contributed by atoms with van der Waals surface area (Å²) in [7, 11) is 0. The molecule has 34 heavy (non-hydrogen) atoms. The minimum absolute atomic E-state index is 0.174. The second-order valence-electron chi connectivity index (χ2n) is 7.70. The van der Waals surface area contributed by atoms with Crippen LogP contribution in [-0.4, -0.2) is 30.2 Å². The second kappa shape index (κ2) is 8.78. The summed E-state index contributed by atoms with van der Waals surface area (Å²) in [6.07, 6.45) is 1.64. The molecule has 0 saturated carbocycles. The fourth-order valence-corrected chi connectivity index (χ4v) is 3.96. The van der Waals surface area contributed by atoms with Gasteiger partial charge in [0.05, 0.1) is 33.7 Å². The lowest BCUT2D eigenvalue weighted by Gasteiger charge is -2.14. The van der Waals surface area contributed by atoms with Crippen molar-refractivity contribution in [3.8, 4) is 11.3 Å².